The Labute approximate surface area is 125 Å². The van der Waals surface area contributed by atoms with Crippen LogP contribution in [-0.4, -0.2) is 21.7 Å². The molecule has 0 aliphatic heterocycles. The molecule has 7 nitrogen and oxygen atoms in total. The van der Waals surface area contributed by atoms with Gasteiger partial charge in [0.2, 0.25) is 5.91 Å². The third-order valence-electron chi connectivity index (χ3n) is 2.90. The van der Waals surface area contributed by atoms with Gasteiger partial charge in [-0.1, -0.05) is 0 Å². The highest BCUT2D eigenvalue weighted by Gasteiger charge is 2.16. The van der Waals surface area contributed by atoms with Gasteiger partial charge in [0.1, 0.15) is 5.75 Å². The number of nitrogens with one attached hydrogen (secondary N) is 1. The van der Waals surface area contributed by atoms with Crippen LogP contribution in [0, 0.1) is 10.1 Å². The summed E-state index contributed by atoms with van der Waals surface area (Å²) in [6.07, 6.45) is 0. The third kappa shape index (κ3) is 3.26. The van der Waals surface area contributed by atoms with E-state index in [0.717, 1.165) is 0 Å². The van der Waals surface area contributed by atoms with Crippen molar-refractivity contribution >= 4 is 23.1 Å². The zero-order chi connectivity index (χ0) is 16.3. The molecule has 0 saturated heterocycles. The topological polar surface area (TPSA) is 110 Å². The van der Waals surface area contributed by atoms with Crippen LogP contribution in [0.3, 0.4) is 0 Å². The molecule has 1 amide bonds. The number of rotatable bonds is 4. The second-order valence-corrected chi connectivity index (χ2v) is 4.55. The number of nitro groups is 1. The van der Waals surface area contributed by atoms with Crippen molar-refractivity contribution in [2.45, 2.75) is 6.92 Å². The van der Waals surface area contributed by atoms with Gasteiger partial charge in [-0.3, -0.25) is 19.7 Å². The first-order valence-electron chi connectivity index (χ1n) is 6.28. The lowest BCUT2D eigenvalue weighted by Crippen LogP contribution is -2.08. The predicted molar refractivity (Wildman–Crippen MR) is 78.9 cm³/mol. The van der Waals surface area contributed by atoms with Crippen molar-refractivity contribution in [2.75, 3.05) is 5.32 Å². The molecule has 0 spiro atoms. The Morgan fingerprint density at radius 1 is 1.14 bits per heavy atom. The van der Waals surface area contributed by atoms with Crippen molar-refractivity contribution in [1.82, 2.24) is 0 Å². The summed E-state index contributed by atoms with van der Waals surface area (Å²) in [5.41, 5.74) is 0.435. The number of nitrogens with zero attached hydrogens (tertiary/aromatic N) is 1. The lowest BCUT2D eigenvalue weighted by atomic mass is 10.0. The molecule has 2 aromatic rings. The van der Waals surface area contributed by atoms with Crippen LogP contribution in [0.2, 0.25) is 0 Å². The van der Waals surface area contributed by atoms with Gasteiger partial charge in [-0.05, 0) is 30.3 Å². The average molecular weight is 300 g/mol. The van der Waals surface area contributed by atoms with Gasteiger partial charge in [0.15, 0.2) is 5.78 Å². The molecule has 0 bridgehead atoms. The summed E-state index contributed by atoms with van der Waals surface area (Å²) in [7, 11) is 0. The second-order valence-electron chi connectivity index (χ2n) is 4.55. The fourth-order valence-corrected chi connectivity index (χ4v) is 1.89. The van der Waals surface area contributed by atoms with Crippen LogP contribution in [0.25, 0.3) is 0 Å². The number of benzene rings is 2. The predicted octanol–water partition coefficient (Wildman–Crippen LogP) is 2.49. The van der Waals surface area contributed by atoms with E-state index >= 15 is 0 Å². The number of phenolic OH excluding ortho intramolecular Hbond substituents is 1. The fourth-order valence-electron chi connectivity index (χ4n) is 1.89. The fraction of sp³-hybridized carbons (Fsp3) is 0.0667. The maximum absolute atomic E-state index is 12.3. The Bertz CT molecular complexity index is 753. The number of carbonyl (C=O) groups excluding carboxylic acids is 2. The Kier molecular flexibility index (Phi) is 4.17. The van der Waals surface area contributed by atoms with Gasteiger partial charge < -0.3 is 10.4 Å². The summed E-state index contributed by atoms with van der Waals surface area (Å²) in [5.74, 6) is -1.04. The number of phenols is 1. The lowest BCUT2D eigenvalue weighted by molar-refractivity contribution is -0.384. The van der Waals surface area contributed by atoms with Crippen LogP contribution in [0.1, 0.15) is 22.8 Å². The van der Waals surface area contributed by atoms with E-state index < -0.39 is 10.7 Å². The van der Waals surface area contributed by atoms with Gasteiger partial charge in [0.05, 0.1) is 10.5 Å². The van der Waals surface area contributed by atoms with E-state index in [0.29, 0.717) is 5.69 Å². The number of nitro benzene ring substituents is 1. The molecule has 2 rings (SSSR count). The van der Waals surface area contributed by atoms with E-state index in [1.165, 1.54) is 49.4 Å². The minimum Gasteiger partial charge on any atom is -0.507 e. The zero-order valence-corrected chi connectivity index (χ0v) is 11.6. The Hall–Kier alpha value is -3.22. The number of anilines is 1. The molecule has 2 N–H and O–H groups in total. The molecular weight excluding hydrogens is 288 g/mol. The number of aromatic hydroxyl groups is 1. The quantitative estimate of drug-likeness (QED) is 0.390. The normalized spacial score (nSPS) is 10.0. The maximum Gasteiger partial charge on any atom is 0.269 e. The van der Waals surface area contributed by atoms with E-state index in [1.807, 2.05) is 0 Å². The Balaban J connectivity index is 2.35. The molecule has 0 radical (unpaired) electrons. The summed E-state index contributed by atoms with van der Waals surface area (Å²) in [6.45, 7) is 1.32. The van der Waals surface area contributed by atoms with E-state index in [2.05, 4.69) is 5.32 Å². The van der Waals surface area contributed by atoms with Crippen molar-refractivity contribution in [3.63, 3.8) is 0 Å². The molecule has 7 heteroatoms. The highest BCUT2D eigenvalue weighted by atomic mass is 16.6. The monoisotopic (exact) mass is 300 g/mol. The number of ketones is 1. The number of non-ortho nitro benzene ring substituents is 1. The van der Waals surface area contributed by atoms with Gasteiger partial charge in [0, 0.05) is 30.3 Å². The van der Waals surface area contributed by atoms with Crippen LogP contribution < -0.4 is 5.32 Å². The minimum atomic E-state index is -0.566. The standard InChI is InChI=1S/C15H12N2O5/c1-9(18)16-11-4-7-14(19)13(8-11)15(20)10-2-5-12(6-3-10)17(21)22/h2-8,19H,1H3,(H,16,18). The highest BCUT2D eigenvalue weighted by molar-refractivity contribution is 6.11. The summed E-state index contributed by atoms with van der Waals surface area (Å²) in [6, 6.07) is 9.15. The van der Waals surface area contributed by atoms with Gasteiger partial charge in [-0.15, -0.1) is 0 Å². The minimum absolute atomic E-state index is 0.0000954. The van der Waals surface area contributed by atoms with Gasteiger partial charge in [-0.25, -0.2) is 0 Å². The molecule has 22 heavy (non-hydrogen) atoms. The molecule has 0 heterocycles. The number of carbonyl (C=O) groups is 2. The number of amides is 1. The second kappa shape index (κ2) is 6.04. The van der Waals surface area contributed by atoms with E-state index in [9.17, 15) is 24.8 Å². The van der Waals surface area contributed by atoms with Crippen molar-refractivity contribution in [3.05, 3.63) is 63.7 Å². The summed E-state index contributed by atoms with van der Waals surface area (Å²) >= 11 is 0. The van der Waals surface area contributed by atoms with Crippen molar-refractivity contribution in [2.24, 2.45) is 0 Å². The number of hydrogen-bond donors (Lipinski definition) is 2. The SMILES string of the molecule is CC(=O)Nc1ccc(O)c(C(=O)c2ccc([N+](=O)[O-])cc2)c1. The molecule has 0 atom stereocenters. The molecule has 2 aromatic carbocycles. The molecule has 0 unspecified atom stereocenters. The van der Waals surface area contributed by atoms with Crippen LogP contribution in [0.5, 0.6) is 5.75 Å². The smallest absolute Gasteiger partial charge is 0.269 e. The zero-order valence-electron chi connectivity index (χ0n) is 11.6. The molecule has 112 valence electrons. The van der Waals surface area contributed by atoms with Gasteiger partial charge in [-0.2, -0.15) is 0 Å². The first kappa shape index (κ1) is 15.2. The maximum atomic E-state index is 12.3. The summed E-state index contributed by atoms with van der Waals surface area (Å²) < 4.78 is 0. The van der Waals surface area contributed by atoms with E-state index in [1.54, 1.807) is 0 Å². The molecule has 0 aliphatic carbocycles. The van der Waals surface area contributed by atoms with Crippen molar-refractivity contribution in [1.29, 1.82) is 0 Å². The average Bonchev–Trinajstić information content (AvgIpc) is 2.48. The van der Waals surface area contributed by atoms with Crippen LogP contribution in [0.15, 0.2) is 42.5 Å². The Morgan fingerprint density at radius 2 is 1.77 bits per heavy atom. The van der Waals surface area contributed by atoms with Gasteiger partial charge >= 0.3 is 0 Å². The molecule has 0 saturated carbocycles. The first-order valence-corrected chi connectivity index (χ1v) is 6.28. The number of hydrogen-bond acceptors (Lipinski definition) is 5. The summed E-state index contributed by atoms with van der Waals surface area (Å²) in [4.78, 5) is 33.4. The third-order valence-corrected chi connectivity index (χ3v) is 2.90. The molecule has 0 fully saturated rings. The first-order chi connectivity index (χ1) is 10.4. The van der Waals surface area contributed by atoms with E-state index in [-0.39, 0.29) is 28.5 Å². The summed E-state index contributed by atoms with van der Waals surface area (Å²) in [5, 5.41) is 22.9. The lowest BCUT2D eigenvalue weighted by Gasteiger charge is -2.07. The van der Waals surface area contributed by atoms with Crippen LogP contribution >= 0.6 is 0 Å². The van der Waals surface area contributed by atoms with E-state index in [4.69, 9.17) is 0 Å². The van der Waals surface area contributed by atoms with Crippen LogP contribution in [0.4, 0.5) is 11.4 Å². The van der Waals surface area contributed by atoms with Gasteiger partial charge in [0.25, 0.3) is 5.69 Å². The highest BCUT2D eigenvalue weighted by Crippen LogP contribution is 2.25. The van der Waals surface area contributed by atoms with Crippen LogP contribution in [-0.2, 0) is 4.79 Å². The van der Waals surface area contributed by atoms with Crippen molar-refractivity contribution < 1.29 is 19.6 Å². The molecule has 0 aromatic heterocycles. The largest absolute Gasteiger partial charge is 0.507 e. The van der Waals surface area contributed by atoms with Crippen molar-refractivity contribution in [3.8, 4) is 5.75 Å². The molecule has 0 aliphatic rings. The molecular formula is C15H12N2O5. The Morgan fingerprint density at radius 3 is 2.32 bits per heavy atom.